The molecule has 0 radical (unpaired) electrons. The summed E-state index contributed by atoms with van der Waals surface area (Å²) in [6.45, 7) is 2.59. The van der Waals surface area contributed by atoms with Crippen molar-refractivity contribution >= 4 is 21.2 Å². The van der Waals surface area contributed by atoms with Crippen LogP contribution >= 0.6 is 11.3 Å². The summed E-state index contributed by atoms with van der Waals surface area (Å²) in [4.78, 5) is 11.8. The number of rotatable bonds is 3. The van der Waals surface area contributed by atoms with Crippen molar-refractivity contribution in [3.8, 4) is 0 Å². The van der Waals surface area contributed by atoms with Crippen molar-refractivity contribution < 1.29 is 8.42 Å². The van der Waals surface area contributed by atoms with Gasteiger partial charge in [-0.25, -0.2) is 18.4 Å². The predicted octanol–water partition coefficient (Wildman–Crippen LogP) is 1.50. The lowest BCUT2D eigenvalue weighted by molar-refractivity contribution is 0.244. The lowest BCUT2D eigenvalue weighted by Crippen LogP contribution is -2.31. The Balaban J connectivity index is 1.79. The Morgan fingerprint density at radius 3 is 3.00 bits per heavy atom. The standard InChI is InChI=1S/C13H15N3O2S2/c1-20(17,18)13-14-7-10-8-16(5-4-12(10)15-13)9-11-3-2-6-19-11/h2-3,6-7H,4-5,8-9H2,1H3. The van der Waals surface area contributed by atoms with E-state index in [-0.39, 0.29) is 5.16 Å². The van der Waals surface area contributed by atoms with Crippen LogP contribution in [0.4, 0.5) is 0 Å². The summed E-state index contributed by atoms with van der Waals surface area (Å²) in [7, 11) is -3.33. The second kappa shape index (κ2) is 5.23. The van der Waals surface area contributed by atoms with Gasteiger partial charge in [-0.15, -0.1) is 11.3 Å². The number of hydrogen-bond acceptors (Lipinski definition) is 6. The lowest BCUT2D eigenvalue weighted by atomic mass is 10.1. The summed E-state index contributed by atoms with van der Waals surface area (Å²) >= 11 is 1.75. The smallest absolute Gasteiger partial charge is 0.246 e. The number of fused-ring (bicyclic) bond motifs is 1. The average Bonchev–Trinajstić information content (AvgIpc) is 2.90. The number of sulfone groups is 1. The zero-order valence-corrected chi connectivity index (χ0v) is 12.7. The van der Waals surface area contributed by atoms with E-state index in [0.29, 0.717) is 0 Å². The molecule has 106 valence electrons. The van der Waals surface area contributed by atoms with Crippen LogP contribution in [0.25, 0.3) is 0 Å². The van der Waals surface area contributed by atoms with Crippen LogP contribution in [-0.2, 0) is 29.3 Å². The first-order valence-electron chi connectivity index (χ1n) is 6.32. The average molecular weight is 309 g/mol. The molecule has 0 saturated carbocycles. The van der Waals surface area contributed by atoms with Gasteiger partial charge in [0, 0.05) is 48.9 Å². The number of hydrogen-bond donors (Lipinski definition) is 0. The summed E-state index contributed by atoms with van der Waals surface area (Å²) in [5.41, 5.74) is 1.89. The monoisotopic (exact) mass is 309 g/mol. The van der Waals surface area contributed by atoms with E-state index in [1.165, 1.54) is 4.88 Å². The van der Waals surface area contributed by atoms with Gasteiger partial charge in [-0.3, -0.25) is 4.90 Å². The van der Waals surface area contributed by atoms with Crippen molar-refractivity contribution in [1.82, 2.24) is 14.9 Å². The molecule has 0 fully saturated rings. The molecule has 0 atom stereocenters. The molecular formula is C13H15N3O2S2. The molecule has 3 rings (SSSR count). The first kappa shape index (κ1) is 13.7. The topological polar surface area (TPSA) is 63.2 Å². The number of nitrogens with zero attached hydrogens (tertiary/aromatic N) is 3. The normalized spacial score (nSPS) is 16.1. The van der Waals surface area contributed by atoms with Gasteiger partial charge in [-0.2, -0.15) is 0 Å². The largest absolute Gasteiger partial charge is 0.294 e. The van der Waals surface area contributed by atoms with Gasteiger partial charge in [0.2, 0.25) is 15.0 Å². The molecule has 7 heteroatoms. The molecule has 0 bridgehead atoms. The second-order valence-corrected chi connectivity index (χ2v) is 7.88. The molecule has 0 spiro atoms. The first-order valence-corrected chi connectivity index (χ1v) is 9.09. The molecule has 0 amide bonds. The SMILES string of the molecule is CS(=O)(=O)c1ncc2c(n1)CCN(Cc1cccs1)C2. The van der Waals surface area contributed by atoms with E-state index < -0.39 is 9.84 Å². The minimum atomic E-state index is -3.33. The van der Waals surface area contributed by atoms with Gasteiger partial charge in [0.05, 0.1) is 5.69 Å². The predicted molar refractivity (Wildman–Crippen MR) is 77.3 cm³/mol. The van der Waals surface area contributed by atoms with Crippen LogP contribution in [0.1, 0.15) is 16.1 Å². The Hall–Kier alpha value is -1.31. The van der Waals surface area contributed by atoms with Crippen molar-refractivity contribution in [1.29, 1.82) is 0 Å². The molecule has 20 heavy (non-hydrogen) atoms. The molecule has 5 nitrogen and oxygen atoms in total. The molecule has 3 heterocycles. The van der Waals surface area contributed by atoms with Crippen molar-refractivity contribution in [3.63, 3.8) is 0 Å². The molecule has 2 aromatic heterocycles. The molecular weight excluding hydrogens is 294 g/mol. The van der Waals surface area contributed by atoms with Crippen molar-refractivity contribution in [2.45, 2.75) is 24.7 Å². The quantitative estimate of drug-likeness (QED) is 0.804. The maximum atomic E-state index is 11.5. The van der Waals surface area contributed by atoms with Gasteiger partial charge >= 0.3 is 0 Å². The Bertz CT molecular complexity index is 711. The minimum absolute atomic E-state index is 0.0667. The zero-order valence-electron chi connectivity index (χ0n) is 11.1. The fraction of sp³-hybridized carbons (Fsp3) is 0.385. The molecule has 0 saturated heterocycles. The minimum Gasteiger partial charge on any atom is -0.294 e. The van der Waals surface area contributed by atoms with Crippen LogP contribution in [0.3, 0.4) is 0 Å². The molecule has 1 aliphatic rings. The lowest BCUT2D eigenvalue weighted by Gasteiger charge is -2.27. The van der Waals surface area contributed by atoms with Gasteiger partial charge in [-0.1, -0.05) is 6.07 Å². The summed E-state index contributed by atoms with van der Waals surface area (Å²) in [5.74, 6) is 0. The van der Waals surface area contributed by atoms with Crippen LogP contribution in [0.2, 0.25) is 0 Å². The summed E-state index contributed by atoms with van der Waals surface area (Å²) in [6.07, 6.45) is 3.56. The van der Waals surface area contributed by atoms with Crippen molar-refractivity contribution in [3.05, 3.63) is 39.8 Å². The highest BCUT2D eigenvalue weighted by Crippen LogP contribution is 2.21. The molecule has 2 aromatic rings. The van der Waals surface area contributed by atoms with Crippen LogP contribution in [0.5, 0.6) is 0 Å². The van der Waals surface area contributed by atoms with E-state index in [0.717, 1.165) is 43.6 Å². The van der Waals surface area contributed by atoms with Gasteiger partial charge in [0.1, 0.15) is 0 Å². The van der Waals surface area contributed by atoms with E-state index in [2.05, 4.69) is 32.4 Å². The Kier molecular flexibility index (Phi) is 3.57. The van der Waals surface area contributed by atoms with E-state index in [9.17, 15) is 8.42 Å². The first-order chi connectivity index (χ1) is 9.52. The van der Waals surface area contributed by atoms with Crippen LogP contribution in [0.15, 0.2) is 28.9 Å². The van der Waals surface area contributed by atoms with Gasteiger partial charge in [0.15, 0.2) is 0 Å². The van der Waals surface area contributed by atoms with Gasteiger partial charge in [0.25, 0.3) is 0 Å². The molecule has 0 unspecified atom stereocenters. The maximum Gasteiger partial charge on any atom is 0.246 e. The highest BCUT2D eigenvalue weighted by atomic mass is 32.2. The van der Waals surface area contributed by atoms with Crippen LogP contribution < -0.4 is 0 Å². The Morgan fingerprint density at radius 1 is 1.45 bits per heavy atom. The van der Waals surface area contributed by atoms with Crippen LogP contribution in [0, 0.1) is 0 Å². The number of thiophene rings is 1. The third-order valence-corrected chi connectivity index (χ3v) is 5.00. The zero-order chi connectivity index (χ0) is 14.2. The third kappa shape index (κ3) is 2.89. The highest BCUT2D eigenvalue weighted by Gasteiger charge is 2.21. The van der Waals surface area contributed by atoms with E-state index in [1.807, 2.05) is 0 Å². The fourth-order valence-corrected chi connectivity index (χ4v) is 3.56. The third-order valence-electron chi connectivity index (χ3n) is 3.28. The molecule has 0 aliphatic carbocycles. The fourth-order valence-electron chi connectivity index (χ4n) is 2.29. The van der Waals surface area contributed by atoms with E-state index in [4.69, 9.17) is 0 Å². The Labute approximate surface area is 122 Å². The summed E-state index contributed by atoms with van der Waals surface area (Å²) in [6, 6.07) is 4.18. The van der Waals surface area contributed by atoms with Crippen molar-refractivity contribution in [2.24, 2.45) is 0 Å². The van der Waals surface area contributed by atoms with Crippen molar-refractivity contribution in [2.75, 3.05) is 12.8 Å². The van der Waals surface area contributed by atoms with Gasteiger partial charge in [-0.05, 0) is 11.4 Å². The molecule has 1 aliphatic heterocycles. The van der Waals surface area contributed by atoms with E-state index >= 15 is 0 Å². The van der Waals surface area contributed by atoms with Crippen LogP contribution in [-0.4, -0.2) is 36.1 Å². The Morgan fingerprint density at radius 2 is 2.30 bits per heavy atom. The van der Waals surface area contributed by atoms with E-state index in [1.54, 1.807) is 17.5 Å². The second-order valence-electron chi connectivity index (χ2n) is 4.94. The summed E-state index contributed by atoms with van der Waals surface area (Å²) < 4.78 is 22.9. The molecule has 0 N–H and O–H groups in total. The summed E-state index contributed by atoms with van der Waals surface area (Å²) in [5, 5.41) is 2.01. The van der Waals surface area contributed by atoms with Gasteiger partial charge < -0.3 is 0 Å². The molecule has 0 aromatic carbocycles. The number of aromatic nitrogens is 2. The maximum absolute atomic E-state index is 11.5. The highest BCUT2D eigenvalue weighted by molar-refractivity contribution is 7.90.